The Kier molecular flexibility index (Phi) is 5.78. The molecule has 2 aromatic carbocycles. The lowest BCUT2D eigenvalue weighted by Gasteiger charge is -2.23. The van der Waals surface area contributed by atoms with Crippen molar-refractivity contribution >= 4 is 29.1 Å². The average molecular weight is 379 g/mol. The van der Waals surface area contributed by atoms with Crippen LogP contribution in [0.25, 0.3) is 0 Å². The highest BCUT2D eigenvalue weighted by molar-refractivity contribution is 6.04. The van der Waals surface area contributed by atoms with E-state index in [9.17, 15) is 14.4 Å². The van der Waals surface area contributed by atoms with Crippen molar-refractivity contribution in [2.24, 2.45) is 11.7 Å². The number of carbonyl (C=O) groups excluding carboxylic acids is 3. The highest BCUT2D eigenvalue weighted by Gasteiger charge is 2.36. The molecule has 0 saturated carbocycles. The van der Waals surface area contributed by atoms with Crippen LogP contribution in [0.15, 0.2) is 48.5 Å². The quantitative estimate of drug-likeness (QED) is 0.807. The van der Waals surface area contributed by atoms with Gasteiger partial charge in [-0.05, 0) is 48.2 Å². The zero-order valence-corrected chi connectivity index (χ0v) is 16.1. The molecule has 3 N–H and O–H groups in total. The summed E-state index contributed by atoms with van der Waals surface area (Å²) in [5, 5.41) is 2.82. The number of amides is 3. The molecular formula is C22H25N3O3. The Morgan fingerprint density at radius 3 is 2.50 bits per heavy atom. The van der Waals surface area contributed by atoms with Gasteiger partial charge in [0.1, 0.15) is 0 Å². The van der Waals surface area contributed by atoms with Crippen molar-refractivity contribution in [1.29, 1.82) is 0 Å². The predicted octanol–water partition coefficient (Wildman–Crippen LogP) is 3.29. The van der Waals surface area contributed by atoms with Crippen molar-refractivity contribution < 1.29 is 14.4 Å². The van der Waals surface area contributed by atoms with Crippen molar-refractivity contribution in [2.45, 2.75) is 32.6 Å². The fourth-order valence-electron chi connectivity index (χ4n) is 3.45. The molecule has 3 amide bonds. The second kappa shape index (κ2) is 8.25. The number of para-hydroxylation sites is 1. The minimum atomic E-state index is -0.519. The Hall–Kier alpha value is -3.15. The number of primary amides is 1. The fraction of sp³-hybridized carbons (Fsp3) is 0.318. The number of hydrogen-bond donors (Lipinski definition) is 2. The summed E-state index contributed by atoms with van der Waals surface area (Å²) in [5.41, 5.74) is 8.19. The molecule has 1 aliphatic rings. The van der Waals surface area contributed by atoms with Crippen LogP contribution >= 0.6 is 0 Å². The normalized spacial score (nSPS) is 17.4. The number of rotatable bonds is 6. The molecule has 146 valence electrons. The fourth-order valence-corrected chi connectivity index (χ4v) is 3.45. The van der Waals surface area contributed by atoms with Gasteiger partial charge in [0.15, 0.2) is 0 Å². The lowest BCUT2D eigenvalue weighted by atomic mass is 9.96. The van der Waals surface area contributed by atoms with Gasteiger partial charge in [0.2, 0.25) is 17.7 Å². The van der Waals surface area contributed by atoms with E-state index >= 15 is 0 Å². The van der Waals surface area contributed by atoms with Gasteiger partial charge in [-0.3, -0.25) is 14.4 Å². The maximum Gasteiger partial charge on any atom is 0.248 e. The van der Waals surface area contributed by atoms with Gasteiger partial charge in [0.25, 0.3) is 0 Å². The Morgan fingerprint density at radius 2 is 1.86 bits per heavy atom. The zero-order chi connectivity index (χ0) is 20.3. The first kappa shape index (κ1) is 19.6. The van der Waals surface area contributed by atoms with E-state index in [2.05, 4.69) is 19.2 Å². The van der Waals surface area contributed by atoms with Gasteiger partial charge >= 0.3 is 0 Å². The number of nitrogens with one attached hydrogen (secondary N) is 1. The number of benzene rings is 2. The number of nitrogens with two attached hydrogens (primary N) is 1. The number of nitrogens with zero attached hydrogens (tertiary/aromatic N) is 1. The first-order valence-electron chi connectivity index (χ1n) is 9.50. The largest absolute Gasteiger partial charge is 0.366 e. The second-order valence-corrected chi connectivity index (χ2v) is 7.20. The maximum atomic E-state index is 12.6. The van der Waals surface area contributed by atoms with Crippen molar-refractivity contribution in [2.75, 3.05) is 16.8 Å². The lowest BCUT2D eigenvalue weighted by Crippen LogP contribution is -2.29. The van der Waals surface area contributed by atoms with E-state index in [0.717, 1.165) is 17.7 Å². The van der Waals surface area contributed by atoms with E-state index in [1.54, 1.807) is 29.2 Å². The molecule has 0 aromatic heterocycles. The molecule has 0 bridgehead atoms. The molecule has 0 spiro atoms. The molecule has 6 heteroatoms. The highest BCUT2D eigenvalue weighted by atomic mass is 16.2. The molecule has 1 saturated heterocycles. The third-order valence-corrected chi connectivity index (χ3v) is 5.30. The third kappa shape index (κ3) is 4.06. The van der Waals surface area contributed by atoms with Crippen LogP contribution in [0.3, 0.4) is 0 Å². The van der Waals surface area contributed by atoms with E-state index in [1.807, 2.05) is 24.3 Å². The first-order chi connectivity index (χ1) is 13.4. The summed E-state index contributed by atoms with van der Waals surface area (Å²) >= 11 is 0. The van der Waals surface area contributed by atoms with Crippen LogP contribution in [-0.4, -0.2) is 24.3 Å². The van der Waals surface area contributed by atoms with Crippen molar-refractivity contribution in [3.63, 3.8) is 0 Å². The number of hydrogen-bond acceptors (Lipinski definition) is 3. The van der Waals surface area contributed by atoms with Crippen molar-refractivity contribution in [3.8, 4) is 0 Å². The first-order valence-corrected chi connectivity index (χ1v) is 9.50. The summed E-state index contributed by atoms with van der Waals surface area (Å²) in [5.74, 6) is -0.854. The van der Waals surface area contributed by atoms with Gasteiger partial charge in [-0.15, -0.1) is 0 Å². The smallest absolute Gasteiger partial charge is 0.248 e. The van der Waals surface area contributed by atoms with E-state index in [4.69, 9.17) is 5.73 Å². The van der Waals surface area contributed by atoms with Crippen LogP contribution in [0.1, 0.15) is 48.5 Å². The highest BCUT2D eigenvalue weighted by Crippen LogP contribution is 2.33. The molecule has 28 heavy (non-hydrogen) atoms. The van der Waals surface area contributed by atoms with Crippen LogP contribution in [0.4, 0.5) is 11.4 Å². The molecule has 2 unspecified atom stereocenters. The molecule has 0 radical (unpaired) electrons. The van der Waals surface area contributed by atoms with E-state index in [0.29, 0.717) is 23.7 Å². The second-order valence-electron chi connectivity index (χ2n) is 7.20. The minimum Gasteiger partial charge on any atom is -0.366 e. The molecule has 1 fully saturated rings. The monoisotopic (exact) mass is 379 g/mol. The van der Waals surface area contributed by atoms with Crippen LogP contribution in [-0.2, 0) is 9.59 Å². The Balaban J connectivity index is 1.72. The summed E-state index contributed by atoms with van der Waals surface area (Å²) in [4.78, 5) is 38.1. The molecule has 1 heterocycles. The molecule has 2 aromatic rings. The molecule has 1 aliphatic heterocycles. The van der Waals surface area contributed by atoms with Gasteiger partial charge in [-0.25, -0.2) is 0 Å². The van der Waals surface area contributed by atoms with Gasteiger partial charge in [0.05, 0.1) is 5.92 Å². The van der Waals surface area contributed by atoms with E-state index < -0.39 is 11.8 Å². The van der Waals surface area contributed by atoms with Crippen LogP contribution < -0.4 is 16.0 Å². The molecule has 3 rings (SSSR count). The minimum absolute atomic E-state index is 0.0417. The van der Waals surface area contributed by atoms with Crippen LogP contribution in [0.5, 0.6) is 0 Å². The summed E-state index contributed by atoms with van der Waals surface area (Å²) in [7, 11) is 0. The number of anilines is 2. The van der Waals surface area contributed by atoms with Crippen LogP contribution in [0.2, 0.25) is 0 Å². The SMILES string of the molecule is CCC(C)c1ccccc1N1CC(C(=O)Nc2ccc(C(N)=O)cc2)CC1=O. The molecule has 6 nitrogen and oxygen atoms in total. The van der Waals surface area contributed by atoms with Gasteiger partial charge in [0, 0.05) is 29.9 Å². The van der Waals surface area contributed by atoms with E-state index in [1.165, 1.54) is 0 Å². The van der Waals surface area contributed by atoms with Gasteiger partial charge in [-0.1, -0.05) is 32.0 Å². The van der Waals surface area contributed by atoms with Crippen molar-refractivity contribution in [3.05, 3.63) is 59.7 Å². The molecule has 0 aliphatic carbocycles. The summed E-state index contributed by atoms with van der Waals surface area (Å²) in [6.45, 7) is 4.61. The third-order valence-electron chi connectivity index (χ3n) is 5.30. The Labute approximate surface area is 164 Å². The maximum absolute atomic E-state index is 12.6. The summed E-state index contributed by atoms with van der Waals surface area (Å²) in [6, 6.07) is 14.3. The van der Waals surface area contributed by atoms with Crippen molar-refractivity contribution in [1.82, 2.24) is 0 Å². The van der Waals surface area contributed by atoms with Gasteiger partial charge < -0.3 is 16.0 Å². The summed E-state index contributed by atoms with van der Waals surface area (Å²) < 4.78 is 0. The predicted molar refractivity (Wildman–Crippen MR) is 109 cm³/mol. The standard InChI is InChI=1S/C22H25N3O3/c1-3-14(2)18-6-4-5-7-19(18)25-13-16(12-20(25)26)22(28)24-17-10-8-15(9-11-17)21(23)27/h4-11,14,16H,3,12-13H2,1-2H3,(H2,23,27)(H,24,28). The topological polar surface area (TPSA) is 92.5 Å². The Bertz CT molecular complexity index is 892. The van der Waals surface area contributed by atoms with E-state index in [-0.39, 0.29) is 18.2 Å². The van der Waals surface area contributed by atoms with Crippen LogP contribution in [0, 0.1) is 5.92 Å². The lowest BCUT2D eigenvalue weighted by molar-refractivity contribution is -0.122. The summed E-state index contributed by atoms with van der Waals surface area (Å²) in [6.07, 6.45) is 1.16. The average Bonchev–Trinajstić information content (AvgIpc) is 3.09. The molecule has 2 atom stereocenters. The number of carbonyl (C=O) groups is 3. The zero-order valence-electron chi connectivity index (χ0n) is 16.1. The van der Waals surface area contributed by atoms with Gasteiger partial charge in [-0.2, -0.15) is 0 Å². The molecular weight excluding hydrogens is 354 g/mol. The Morgan fingerprint density at radius 1 is 1.18 bits per heavy atom.